The van der Waals surface area contributed by atoms with Gasteiger partial charge in [0.15, 0.2) is 0 Å². The predicted octanol–water partition coefficient (Wildman–Crippen LogP) is 2.88. The highest BCUT2D eigenvalue weighted by molar-refractivity contribution is 7.80. The Kier molecular flexibility index (Phi) is 4.42. The monoisotopic (exact) mass is 279 g/mol. The third-order valence-corrected chi connectivity index (χ3v) is 3.71. The molecule has 1 fully saturated rings. The van der Waals surface area contributed by atoms with Crippen molar-refractivity contribution in [3.63, 3.8) is 0 Å². The minimum Gasteiger partial charge on any atom is -0.490 e. The largest absolute Gasteiger partial charge is 0.490 e. The highest BCUT2D eigenvalue weighted by Gasteiger charge is 2.22. The average Bonchev–Trinajstić information content (AvgIpc) is 2.73. The SMILES string of the molecule is Cc1cc(C(N)=S)cc(C)c1OCC1CCC(C)O1. The second kappa shape index (κ2) is 5.88. The van der Waals surface area contributed by atoms with E-state index in [1.165, 1.54) is 0 Å². The van der Waals surface area contributed by atoms with Crippen molar-refractivity contribution in [2.45, 2.75) is 45.8 Å². The molecule has 2 rings (SSSR count). The van der Waals surface area contributed by atoms with Gasteiger partial charge in [0.25, 0.3) is 0 Å². The van der Waals surface area contributed by atoms with E-state index in [1.807, 2.05) is 26.0 Å². The molecule has 4 heteroatoms. The number of hydrogen-bond acceptors (Lipinski definition) is 3. The normalized spacial score (nSPS) is 22.5. The molecule has 1 aromatic rings. The average molecular weight is 279 g/mol. The van der Waals surface area contributed by atoms with Gasteiger partial charge in [-0.3, -0.25) is 0 Å². The molecule has 0 saturated carbocycles. The molecule has 0 aromatic heterocycles. The van der Waals surface area contributed by atoms with Crippen LogP contribution in [0.1, 0.15) is 36.5 Å². The van der Waals surface area contributed by atoms with Crippen LogP contribution in [0.2, 0.25) is 0 Å². The summed E-state index contributed by atoms with van der Waals surface area (Å²) in [5, 5.41) is 0. The highest BCUT2D eigenvalue weighted by atomic mass is 32.1. The first-order valence-corrected chi connectivity index (χ1v) is 7.07. The molecule has 1 aliphatic heterocycles. The van der Waals surface area contributed by atoms with E-state index in [4.69, 9.17) is 27.4 Å². The van der Waals surface area contributed by atoms with Crippen LogP contribution < -0.4 is 10.5 Å². The Labute approximate surface area is 120 Å². The van der Waals surface area contributed by atoms with Crippen molar-refractivity contribution in [3.8, 4) is 5.75 Å². The summed E-state index contributed by atoms with van der Waals surface area (Å²) in [6.45, 7) is 6.75. The zero-order valence-corrected chi connectivity index (χ0v) is 12.5. The van der Waals surface area contributed by atoms with Crippen molar-refractivity contribution < 1.29 is 9.47 Å². The van der Waals surface area contributed by atoms with Crippen LogP contribution in [0.4, 0.5) is 0 Å². The Morgan fingerprint density at radius 3 is 2.47 bits per heavy atom. The maximum Gasteiger partial charge on any atom is 0.125 e. The Morgan fingerprint density at radius 2 is 2.00 bits per heavy atom. The van der Waals surface area contributed by atoms with Gasteiger partial charge in [0, 0.05) is 5.56 Å². The van der Waals surface area contributed by atoms with Crippen molar-refractivity contribution in [2.75, 3.05) is 6.61 Å². The maximum atomic E-state index is 5.93. The van der Waals surface area contributed by atoms with Gasteiger partial charge < -0.3 is 15.2 Å². The molecule has 2 N–H and O–H groups in total. The minimum absolute atomic E-state index is 0.212. The number of nitrogens with two attached hydrogens (primary N) is 1. The summed E-state index contributed by atoms with van der Waals surface area (Å²) in [5.41, 5.74) is 8.68. The summed E-state index contributed by atoms with van der Waals surface area (Å²) in [6.07, 6.45) is 2.76. The van der Waals surface area contributed by atoms with E-state index in [9.17, 15) is 0 Å². The lowest BCUT2D eigenvalue weighted by molar-refractivity contribution is 0.0262. The van der Waals surface area contributed by atoms with Crippen LogP contribution in [0.3, 0.4) is 0 Å². The van der Waals surface area contributed by atoms with Crippen molar-refractivity contribution in [3.05, 3.63) is 28.8 Å². The molecule has 0 spiro atoms. The first kappa shape index (κ1) is 14.3. The number of thiocarbonyl (C=S) groups is 1. The van der Waals surface area contributed by atoms with E-state index in [-0.39, 0.29) is 6.10 Å². The van der Waals surface area contributed by atoms with Crippen LogP contribution in [0.15, 0.2) is 12.1 Å². The van der Waals surface area contributed by atoms with Crippen LogP contribution in [-0.2, 0) is 4.74 Å². The lowest BCUT2D eigenvalue weighted by Gasteiger charge is -2.17. The van der Waals surface area contributed by atoms with E-state index in [0.717, 1.165) is 35.3 Å². The molecule has 2 atom stereocenters. The number of rotatable bonds is 4. The Bertz CT molecular complexity index is 464. The van der Waals surface area contributed by atoms with Crippen LogP contribution in [0, 0.1) is 13.8 Å². The Morgan fingerprint density at radius 1 is 1.37 bits per heavy atom. The predicted molar refractivity (Wildman–Crippen MR) is 80.9 cm³/mol. The van der Waals surface area contributed by atoms with E-state index in [2.05, 4.69) is 6.92 Å². The lowest BCUT2D eigenvalue weighted by Crippen LogP contribution is -2.19. The number of benzene rings is 1. The van der Waals surface area contributed by atoms with Gasteiger partial charge >= 0.3 is 0 Å². The molecule has 104 valence electrons. The summed E-state index contributed by atoms with van der Waals surface area (Å²) in [5.74, 6) is 0.920. The standard InChI is InChI=1S/C15H21NO2S/c1-9-6-12(15(16)19)7-10(2)14(9)17-8-13-5-4-11(3)18-13/h6-7,11,13H,4-5,8H2,1-3H3,(H2,16,19). The fourth-order valence-electron chi connectivity index (χ4n) is 2.50. The van der Waals surface area contributed by atoms with Crippen molar-refractivity contribution >= 4 is 17.2 Å². The summed E-state index contributed by atoms with van der Waals surface area (Å²) in [6, 6.07) is 3.95. The van der Waals surface area contributed by atoms with Gasteiger partial charge in [-0.05, 0) is 56.9 Å². The molecular weight excluding hydrogens is 258 g/mol. The third kappa shape index (κ3) is 3.45. The van der Waals surface area contributed by atoms with Gasteiger partial charge in [-0.1, -0.05) is 12.2 Å². The summed E-state index contributed by atoms with van der Waals surface area (Å²) >= 11 is 5.01. The fourth-order valence-corrected chi connectivity index (χ4v) is 2.62. The van der Waals surface area contributed by atoms with Gasteiger partial charge in [-0.15, -0.1) is 0 Å². The van der Waals surface area contributed by atoms with Gasteiger partial charge in [0.2, 0.25) is 0 Å². The van der Waals surface area contributed by atoms with Crippen molar-refractivity contribution in [2.24, 2.45) is 5.73 Å². The number of ether oxygens (including phenoxy) is 2. The quantitative estimate of drug-likeness (QED) is 0.861. The smallest absolute Gasteiger partial charge is 0.125 e. The highest BCUT2D eigenvalue weighted by Crippen LogP contribution is 2.26. The third-order valence-electron chi connectivity index (χ3n) is 3.48. The second-order valence-electron chi connectivity index (χ2n) is 5.26. The van der Waals surface area contributed by atoms with E-state index < -0.39 is 0 Å². The first-order chi connectivity index (χ1) is 8.97. The molecule has 1 aromatic carbocycles. The molecule has 1 heterocycles. The van der Waals surface area contributed by atoms with E-state index in [1.54, 1.807) is 0 Å². The van der Waals surface area contributed by atoms with Crippen molar-refractivity contribution in [1.29, 1.82) is 0 Å². The molecule has 0 aliphatic carbocycles. The first-order valence-electron chi connectivity index (χ1n) is 6.66. The van der Waals surface area contributed by atoms with Gasteiger partial charge in [-0.2, -0.15) is 0 Å². The molecule has 1 saturated heterocycles. The molecule has 1 aliphatic rings. The molecule has 3 nitrogen and oxygen atoms in total. The second-order valence-corrected chi connectivity index (χ2v) is 5.70. The van der Waals surface area contributed by atoms with Crippen LogP contribution >= 0.6 is 12.2 Å². The minimum atomic E-state index is 0.212. The van der Waals surface area contributed by atoms with E-state index >= 15 is 0 Å². The van der Waals surface area contributed by atoms with Gasteiger partial charge in [0.05, 0.1) is 12.2 Å². The Balaban J connectivity index is 2.06. The molecule has 19 heavy (non-hydrogen) atoms. The fraction of sp³-hybridized carbons (Fsp3) is 0.533. The lowest BCUT2D eigenvalue weighted by atomic mass is 10.1. The van der Waals surface area contributed by atoms with E-state index in [0.29, 0.717) is 17.7 Å². The molecule has 0 bridgehead atoms. The molecule has 2 unspecified atom stereocenters. The van der Waals surface area contributed by atoms with Crippen LogP contribution in [-0.4, -0.2) is 23.8 Å². The summed E-state index contributed by atoms with van der Waals surface area (Å²) in [7, 11) is 0. The topological polar surface area (TPSA) is 44.5 Å². The van der Waals surface area contributed by atoms with Gasteiger partial charge in [-0.25, -0.2) is 0 Å². The zero-order chi connectivity index (χ0) is 14.0. The van der Waals surface area contributed by atoms with Crippen LogP contribution in [0.25, 0.3) is 0 Å². The summed E-state index contributed by atoms with van der Waals surface area (Å²) in [4.78, 5) is 0.422. The zero-order valence-electron chi connectivity index (χ0n) is 11.7. The Hall–Kier alpha value is -1.13. The molecular formula is C15H21NO2S. The number of hydrogen-bond donors (Lipinski definition) is 1. The van der Waals surface area contributed by atoms with Crippen LogP contribution in [0.5, 0.6) is 5.75 Å². The van der Waals surface area contributed by atoms with Crippen molar-refractivity contribution in [1.82, 2.24) is 0 Å². The molecule has 0 amide bonds. The number of aryl methyl sites for hydroxylation is 2. The molecule has 0 radical (unpaired) electrons. The maximum absolute atomic E-state index is 5.93. The van der Waals surface area contributed by atoms with Gasteiger partial charge in [0.1, 0.15) is 17.3 Å². The summed E-state index contributed by atoms with van der Waals surface area (Å²) < 4.78 is 11.7.